The number of ether oxygens (including phenoxy) is 2. The lowest BCUT2D eigenvalue weighted by atomic mass is 9.79. The van der Waals surface area contributed by atoms with Crippen LogP contribution in [0.15, 0.2) is 127 Å². The van der Waals surface area contributed by atoms with Gasteiger partial charge in [-0.25, -0.2) is 9.59 Å². The average Bonchev–Trinajstić information content (AvgIpc) is 3.81. The minimum absolute atomic E-state index is 0.114. The molecule has 0 bridgehead atoms. The fourth-order valence-electron chi connectivity index (χ4n) is 8.23. The lowest BCUT2D eigenvalue weighted by molar-refractivity contribution is -0.163. The fourth-order valence-corrected chi connectivity index (χ4v) is 8.50. The van der Waals surface area contributed by atoms with Gasteiger partial charge in [0.05, 0.1) is 0 Å². The number of benzene rings is 5. The Balaban J connectivity index is 1.15. The third-order valence-electron chi connectivity index (χ3n) is 10.9. The van der Waals surface area contributed by atoms with Crippen LogP contribution in [0.5, 0.6) is 0 Å². The van der Waals surface area contributed by atoms with Crippen LogP contribution in [0.4, 0.5) is 4.79 Å². The summed E-state index contributed by atoms with van der Waals surface area (Å²) in [5.74, 6) is -1.24. The van der Waals surface area contributed by atoms with E-state index < -0.39 is 29.7 Å². The highest BCUT2D eigenvalue weighted by Crippen LogP contribution is 2.46. The van der Waals surface area contributed by atoms with Crippen molar-refractivity contribution < 1.29 is 23.9 Å². The highest BCUT2D eigenvalue weighted by atomic mass is 35.5. The lowest BCUT2D eigenvalue weighted by Crippen LogP contribution is -2.55. The van der Waals surface area contributed by atoms with Crippen LogP contribution in [0.2, 0.25) is 5.02 Å². The first-order valence-electron chi connectivity index (χ1n) is 18.6. The molecule has 1 heterocycles. The van der Waals surface area contributed by atoms with Crippen molar-refractivity contribution in [3.8, 4) is 11.1 Å². The molecule has 54 heavy (non-hydrogen) atoms. The molecule has 5 aromatic rings. The smallest absolute Gasteiger partial charge is 0.410 e. The molecule has 1 unspecified atom stereocenters. The minimum Gasteiger partial charge on any atom is -0.448 e. The average molecular weight is 741 g/mol. The summed E-state index contributed by atoms with van der Waals surface area (Å²) in [6, 6.07) is 39.4. The predicted octanol–water partition coefficient (Wildman–Crippen LogP) is 9.38. The number of esters is 1. The molecule has 0 spiro atoms. The van der Waals surface area contributed by atoms with Crippen LogP contribution >= 0.6 is 11.6 Å². The molecule has 7 nitrogen and oxygen atoms in total. The maximum Gasteiger partial charge on any atom is 0.410 e. The molecular formula is C46H45ClN2O5. The van der Waals surface area contributed by atoms with Gasteiger partial charge in [-0.1, -0.05) is 152 Å². The van der Waals surface area contributed by atoms with Gasteiger partial charge in [0.2, 0.25) is 5.91 Å². The van der Waals surface area contributed by atoms with E-state index in [1.807, 2.05) is 118 Å². The Bertz CT molecular complexity index is 2110. The topological polar surface area (TPSA) is 76.2 Å². The monoisotopic (exact) mass is 740 g/mol. The van der Waals surface area contributed by atoms with Crippen molar-refractivity contribution >= 4 is 29.6 Å². The van der Waals surface area contributed by atoms with Gasteiger partial charge >= 0.3 is 12.1 Å². The Morgan fingerprint density at radius 1 is 0.796 bits per heavy atom. The summed E-state index contributed by atoms with van der Waals surface area (Å²) in [6.07, 6.45) is 0.439. The van der Waals surface area contributed by atoms with E-state index in [0.717, 1.165) is 38.9 Å². The summed E-state index contributed by atoms with van der Waals surface area (Å²) in [7, 11) is 1.60. The molecule has 2 aliphatic rings. The van der Waals surface area contributed by atoms with Crippen LogP contribution in [0.1, 0.15) is 66.0 Å². The summed E-state index contributed by atoms with van der Waals surface area (Å²) in [5.41, 5.74) is 6.21. The molecule has 0 saturated carbocycles. The van der Waals surface area contributed by atoms with Crippen LogP contribution in [0.3, 0.4) is 0 Å². The number of hydrogen-bond donors (Lipinski definition) is 0. The summed E-state index contributed by atoms with van der Waals surface area (Å²) < 4.78 is 12.7. The van der Waals surface area contributed by atoms with Gasteiger partial charge in [0, 0.05) is 41.2 Å². The summed E-state index contributed by atoms with van der Waals surface area (Å²) in [4.78, 5) is 45.9. The van der Waals surface area contributed by atoms with E-state index >= 15 is 0 Å². The predicted molar refractivity (Wildman–Crippen MR) is 211 cm³/mol. The molecule has 276 valence electrons. The second-order valence-corrected chi connectivity index (χ2v) is 15.0. The number of likely N-dealkylation sites (tertiary alicyclic amines) is 1. The van der Waals surface area contributed by atoms with Crippen molar-refractivity contribution in [2.45, 2.75) is 57.2 Å². The van der Waals surface area contributed by atoms with Gasteiger partial charge in [-0.15, -0.1) is 0 Å². The van der Waals surface area contributed by atoms with Crippen molar-refractivity contribution in [2.75, 3.05) is 20.2 Å². The third-order valence-corrected chi connectivity index (χ3v) is 11.2. The number of carbonyl (C=O) groups is 3. The molecule has 2 amide bonds. The summed E-state index contributed by atoms with van der Waals surface area (Å²) in [5, 5.41) is 0.443. The number of hydrogen-bond acceptors (Lipinski definition) is 5. The highest BCUT2D eigenvalue weighted by molar-refractivity contribution is 6.31. The second-order valence-electron chi connectivity index (χ2n) is 14.6. The molecule has 3 atom stereocenters. The standard InChI is InChI=1S/C46H45ClN2O5/c1-30(2)42(48(4)45(52)53-29-38-36-19-10-8-17-34(36)35-18-9-11-20-37(35)38)43(50)49-28-14-23-41(49)44(51)54-46(32-15-6-5-7-16-32,33-26-24-31(3)25-27-33)39-21-12-13-22-40(39)47/h5-13,15-22,24-27,30,38,41-42H,14,23,28-29H2,1-4H3/t41-,42-,46?/m0/s1. The number of rotatable bonds is 10. The van der Waals surface area contributed by atoms with Crippen LogP contribution in [0.25, 0.3) is 11.1 Å². The first kappa shape index (κ1) is 36.9. The molecule has 0 N–H and O–H groups in total. The van der Waals surface area contributed by atoms with Gasteiger partial charge in [-0.05, 0) is 54.0 Å². The minimum atomic E-state index is -1.41. The quantitative estimate of drug-likeness (QED) is 0.105. The molecule has 5 aromatic carbocycles. The molecule has 1 saturated heterocycles. The zero-order valence-corrected chi connectivity index (χ0v) is 31.8. The maximum atomic E-state index is 14.7. The molecule has 8 heteroatoms. The van der Waals surface area contributed by atoms with E-state index in [0.29, 0.717) is 30.0 Å². The van der Waals surface area contributed by atoms with E-state index in [4.69, 9.17) is 21.1 Å². The molecule has 0 aromatic heterocycles. The number of likely N-dealkylation sites (N-methyl/N-ethyl adjacent to an activating group) is 1. The number of fused-ring (bicyclic) bond motifs is 3. The molecule has 0 radical (unpaired) electrons. The number of halogens is 1. The van der Waals surface area contributed by atoms with E-state index in [9.17, 15) is 14.4 Å². The lowest BCUT2D eigenvalue weighted by Gasteiger charge is -2.38. The van der Waals surface area contributed by atoms with Gasteiger partial charge in [0.25, 0.3) is 0 Å². The summed E-state index contributed by atoms with van der Waals surface area (Å²) in [6.45, 7) is 6.29. The molecule has 1 fully saturated rings. The van der Waals surface area contributed by atoms with Crippen molar-refractivity contribution in [3.05, 3.63) is 166 Å². The zero-order chi connectivity index (χ0) is 38.0. The second kappa shape index (κ2) is 15.5. The largest absolute Gasteiger partial charge is 0.448 e. The Morgan fingerprint density at radius 2 is 1.37 bits per heavy atom. The van der Waals surface area contributed by atoms with Crippen LogP contribution < -0.4 is 0 Å². The van der Waals surface area contributed by atoms with E-state index in [1.165, 1.54) is 4.90 Å². The van der Waals surface area contributed by atoms with Crippen molar-refractivity contribution in [1.82, 2.24) is 9.80 Å². The molecular weight excluding hydrogens is 696 g/mol. The van der Waals surface area contributed by atoms with Crippen LogP contribution in [-0.2, 0) is 24.7 Å². The zero-order valence-electron chi connectivity index (χ0n) is 31.1. The summed E-state index contributed by atoms with van der Waals surface area (Å²) >= 11 is 6.91. The Hall–Kier alpha value is -5.40. The molecule has 1 aliphatic carbocycles. The molecule has 7 rings (SSSR count). The first-order chi connectivity index (χ1) is 26.1. The van der Waals surface area contributed by atoms with Crippen LogP contribution in [-0.4, -0.2) is 60.1 Å². The third kappa shape index (κ3) is 6.77. The molecule has 1 aliphatic heterocycles. The Labute approximate surface area is 322 Å². The Kier molecular flexibility index (Phi) is 10.6. The number of carbonyl (C=O) groups excluding carboxylic acids is 3. The van der Waals surface area contributed by atoms with Gasteiger partial charge in [-0.2, -0.15) is 0 Å². The van der Waals surface area contributed by atoms with Crippen molar-refractivity contribution in [2.24, 2.45) is 5.92 Å². The first-order valence-corrected chi connectivity index (χ1v) is 19.0. The van der Waals surface area contributed by atoms with Crippen molar-refractivity contribution in [1.29, 1.82) is 0 Å². The van der Waals surface area contributed by atoms with Gasteiger partial charge in [0.15, 0.2) is 5.60 Å². The van der Waals surface area contributed by atoms with E-state index in [-0.39, 0.29) is 24.3 Å². The SMILES string of the molecule is Cc1ccc(C(OC(=O)[C@@H]2CCCN2C(=O)[C@H](C(C)C)N(C)C(=O)OCC2c3ccccc3-c3ccccc32)(c2ccccc2)c2ccccc2Cl)cc1. The van der Waals surface area contributed by atoms with E-state index in [1.54, 1.807) is 18.0 Å². The Morgan fingerprint density at radius 3 is 2.00 bits per heavy atom. The van der Waals surface area contributed by atoms with Gasteiger partial charge < -0.3 is 14.4 Å². The number of aryl methyl sites for hydroxylation is 1. The van der Waals surface area contributed by atoms with Gasteiger partial charge in [-0.3, -0.25) is 9.69 Å². The highest BCUT2D eigenvalue weighted by Gasteiger charge is 2.47. The normalized spacial score (nSPS) is 16.6. The van der Waals surface area contributed by atoms with Gasteiger partial charge in [0.1, 0.15) is 18.7 Å². The van der Waals surface area contributed by atoms with Crippen LogP contribution in [0, 0.1) is 12.8 Å². The van der Waals surface area contributed by atoms with Crippen molar-refractivity contribution in [3.63, 3.8) is 0 Å². The fraction of sp³-hybridized carbons (Fsp3) is 0.283. The number of amides is 2. The van der Waals surface area contributed by atoms with E-state index in [2.05, 4.69) is 24.3 Å². The number of nitrogens with zero attached hydrogens (tertiary/aromatic N) is 2. The maximum absolute atomic E-state index is 14.7.